The van der Waals surface area contributed by atoms with Gasteiger partial charge in [0.25, 0.3) is 0 Å². The van der Waals surface area contributed by atoms with E-state index < -0.39 is 10.0 Å². The van der Waals surface area contributed by atoms with Gasteiger partial charge in [0.1, 0.15) is 10.6 Å². The van der Waals surface area contributed by atoms with Crippen LogP contribution in [0.4, 0.5) is 0 Å². The molecule has 1 aliphatic rings. The van der Waals surface area contributed by atoms with Crippen LogP contribution in [-0.4, -0.2) is 61.4 Å². The van der Waals surface area contributed by atoms with Gasteiger partial charge in [-0.1, -0.05) is 12.1 Å². The summed E-state index contributed by atoms with van der Waals surface area (Å²) in [6.45, 7) is 6.50. The van der Waals surface area contributed by atoms with E-state index in [1.165, 1.54) is 4.31 Å². The lowest BCUT2D eigenvalue weighted by molar-refractivity contribution is -0.135. The molecule has 0 spiro atoms. The maximum Gasteiger partial charge on any atom is 0.248 e. The number of aryl methyl sites for hydroxylation is 2. The first kappa shape index (κ1) is 16.9. The SMILES string of the molecule is Cc1noc(C)c1S(=O)(=O)N1CCN(C(=O)C(C)CN)CC1. The molecule has 1 aromatic heterocycles. The second kappa shape index (κ2) is 6.35. The first-order chi connectivity index (χ1) is 10.3. The highest BCUT2D eigenvalue weighted by Gasteiger charge is 2.34. The van der Waals surface area contributed by atoms with E-state index in [2.05, 4.69) is 5.16 Å². The van der Waals surface area contributed by atoms with Gasteiger partial charge in [0.05, 0.1) is 0 Å². The van der Waals surface area contributed by atoms with Gasteiger partial charge in [-0.05, 0) is 13.8 Å². The van der Waals surface area contributed by atoms with Gasteiger partial charge in [0.15, 0.2) is 5.76 Å². The Kier molecular flexibility index (Phi) is 4.88. The second-order valence-electron chi connectivity index (χ2n) is 5.52. The van der Waals surface area contributed by atoms with Crippen molar-refractivity contribution in [3.8, 4) is 0 Å². The first-order valence-electron chi connectivity index (χ1n) is 7.21. The zero-order valence-corrected chi connectivity index (χ0v) is 13.9. The Morgan fingerprint density at radius 2 is 1.91 bits per heavy atom. The van der Waals surface area contributed by atoms with Crippen LogP contribution in [0.1, 0.15) is 18.4 Å². The standard InChI is InChI=1S/C13H22N4O4S/c1-9(8-14)13(18)16-4-6-17(7-5-16)22(19,20)12-10(2)15-21-11(12)3/h9H,4-8,14H2,1-3H3. The van der Waals surface area contributed by atoms with Crippen molar-refractivity contribution >= 4 is 15.9 Å². The highest BCUT2D eigenvalue weighted by molar-refractivity contribution is 7.89. The number of amides is 1. The highest BCUT2D eigenvalue weighted by atomic mass is 32.2. The summed E-state index contributed by atoms with van der Waals surface area (Å²) in [5.74, 6) is 0.00960. The normalized spacial score (nSPS) is 18.5. The van der Waals surface area contributed by atoms with E-state index in [4.69, 9.17) is 10.3 Å². The Labute approximate surface area is 130 Å². The molecule has 1 aliphatic heterocycles. The minimum absolute atomic E-state index is 0.0307. The molecule has 1 amide bonds. The van der Waals surface area contributed by atoms with Crippen molar-refractivity contribution in [2.75, 3.05) is 32.7 Å². The third kappa shape index (κ3) is 3.01. The molecule has 1 unspecified atom stereocenters. The summed E-state index contributed by atoms with van der Waals surface area (Å²) in [6.07, 6.45) is 0. The maximum atomic E-state index is 12.7. The number of hydrogen-bond donors (Lipinski definition) is 1. The van der Waals surface area contributed by atoms with E-state index in [9.17, 15) is 13.2 Å². The van der Waals surface area contributed by atoms with Crippen LogP contribution in [0.15, 0.2) is 9.42 Å². The van der Waals surface area contributed by atoms with Crippen LogP contribution in [0, 0.1) is 19.8 Å². The fourth-order valence-corrected chi connectivity index (χ4v) is 4.25. The molecule has 124 valence electrons. The third-order valence-electron chi connectivity index (χ3n) is 3.89. The fraction of sp³-hybridized carbons (Fsp3) is 0.692. The van der Waals surface area contributed by atoms with Crippen molar-refractivity contribution in [2.24, 2.45) is 11.7 Å². The molecule has 1 atom stereocenters. The molecule has 0 aliphatic carbocycles. The van der Waals surface area contributed by atoms with Crippen molar-refractivity contribution in [1.29, 1.82) is 0 Å². The lowest BCUT2D eigenvalue weighted by Crippen LogP contribution is -2.52. The number of nitrogens with two attached hydrogens (primary N) is 1. The molecule has 8 nitrogen and oxygen atoms in total. The molecule has 9 heteroatoms. The van der Waals surface area contributed by atoms with Gasteiger partial charge in [-0.25, -0.2) is 8.42 Å². The number of hydrogen-bond acceptors (Lipinski definition) is 6. The van der Waals surface area contributed by atoms with Gasteiger partial charge in [-0.15, -0.1) is 0 Å². The van der Waals surface area contributed by atoms with E-state index in [1.807, 2.05) is 0 Å². The Balaban J connectivity index is 2.10. The van der Waals surface area contributed by atoms with Gasteiger partial charge < -0.3 is 15.2 Å². The summed E-state index contributed by atoms with van der Waals surface area (Å²) in [7, 11) is -3.64. The fourth-order valence-electron chi connectivity index (χ4n) is 2.53. The largest absolute Gasteiger partial charge is 0.360 e. The van der Waals surface area contributed by atoms with Crippen LogP contribution in [0.25, 0.3) is 0 Å². The number of piperazine rings is 1. The third-order valence-corrected chi connectivity index (χ3v) is 6.03. The zero-order valence-electron chi connectivity index (χ0n) is 13.1. The lowest BCUT2D eigenvalue weighted by Gasteiger charge is -2.35. The predicted molar refractivity (Wildman–Crippen MR) is 79.5 cm³/mol. The van der Waals surface area contributed by atoms with E-state index in [-0.39, 0.29) is 42.1 Å². The predicted octanol–water partition coefficient (Wildman–Crippen LogP) is -0.281. The molecule has 1 aromatic rings. The summed E-state index contributed by atoms with van der Waals surface area (Å²) in [5.41, 5.74) is 5.86. The summed E-state index contributed by atoms with van der Waals surface area (Å²) in [6, 6.07) is 0. The first-order valence-corrected chi connectivity index (χ1v) is 8.65. The van der Waals surface area contributed by atoms with Crippen molar-refractivity contribution in [1.82, 2.24) is 14.4 Å². The molecule has 2 heterocycles. The molecule has 2 rings (SSSR count). The number of carbonyl (C=O) groups is 1. The van der Waals surface area contributed by atoms with Crippen LogP contribution < -0.4 is 5.73 Å². The molecule has 0 saturated carbocycles. The Hall–Kier alpha value is -1.45. The van der Waals surface area contributed by atoms with Gasteiger partial charge >= 0.3 is 0 Å². The number of nitrogens with zero attached hydrogens (tertiary/aromatic N) is 3. The number of aromatic nitrogens is 1. The molecule has 0 radical (unpaired) electrons. The average molecular weight is 330 g/mol. The Morgan fingerprint density at radius 3 is 2.36 bits per heavy atom. The van der Waals surface area contributed by atoms with Crippen LogP contribution in [0.3, 0.4) is 0 Å². The summed E-state index contributed by atoms with van der Waals surface area (Å²) in [4.78, 5) is 13.9. The van der Waals surface area contributed by atoms with Crippen molar-refractivity contribution in [3.05, 3.63) is 11.5 Å². The quantitative estimate of drug-likeness (QED) is 0.813. The summed E-state index contributed by atoms with van der Waals surface area (Å²) >= 11 is 0. The topological polar surface area (TPSA) is 110 Å². The van der Waals surface area contributed by atoms with Gasteiger partial charge in [0.2, 0.25) is 15.9 Å². The van der Waals surface area contributed by atoms with E-state index in [0.29, 0.717) is 18.8 Å². The monoisotopic (exact) mass is 330 g/mol. The zero-order chi connectivity index (χ0) is 16.5. The maximum absolute atomic E-state index is 12.7. The number of rotatable bonds is 4. The summed E-state index contributed by atoms with van der Waals surface area (Å²) in [5, 5.41) is 3.70. The van der Waals surface area contributed by atoms with Gasteiger partial charge in [0, 0.05) is 38.6 Å². The van der Waals surface area contributed by atoms with E-state index in [1.54, 1.807) is 25.7 Å². The molecule has 1 fully saturated rings. The van der Waals surface area contributed by atoms with Crippen LogP contribution in [-0.2, 0) is 14.8 Å². The molecule has 22 heavy (non-hydrogen) atoms. The van der Waals surface area contributed by atoms with Gasteiger partial charge in [-0.2, -0.15) is 4.31 Å². The minimum Gasteiger partial charge on any atom is -0.360 e. The van der Waals surface area contributed by atoms with Crippen molar-refractivity contribution in [2.45, 2.75) is 25.7 Å². The lowest BCUT2D eigenvalue weighted by atomic mass is 10.1. The van der Waals surface area contributed by atoms with Gasteiger partial charge in [-0.3, -0.25) is 4.79 Å². The average Bonchev–Trinajstić information content (AvgIpc) is 2.85. The van der Waals surface area contributed by atoms with Crippen LogP contribution in [0.2, 0.25) is 0 Å². The molecule has 0 bridgehead atoms. The molecule has 2 N–H and O–H groups in total. The molecule has 0 aromatic carbocycles. The Bertz CT molecular complexity index is 627. The second-order valence-corrected chi connectivity index (χ2v) is 7.39. The van der Waals surface area contributed by atoms with Crippen LogP contribution >= 0.6 is 0 Å². The number of carbonyl (C=O) groups excluding carboxylic acids is 1. The molecular formula is C13H22N4O4S. The van der Waals surface area contributed by atoms with E-state index in [0.717, 1.165) is 0 Å². The smallest absolute Gasteiger partial charge is 0.248 e. The van der Waals surface area contributed by atoms with Crippen LogP contribution in [0.5, 0.6) is 0 Å². The molecular weight excluding hydrogens is 308 g/mol. The molecule has 1 saturated heterocycles. The van der Waals surface area contributed by atoms with Crippen molar-refractivity contribution < 1.29 is 17.7 Å². The van der Waals surface area contributed by atoms with E-state index >= 15 is 0 Å². The number of sulfonamides is 1. The highest BCUT2D eigenvalue weighted by Crippen LogP contribution is 2.24. The summed E-state index contributed by atoms with van der Waals surface area (Å²) < 4.78 is 31.6. The minimum atomic E-state index is -3.64. The Morgan fingerprint density at radius 1 is 1.32 bits per heavy atom. The van der Waals surface area contributed by atoms with Crippen molar-refractivity contribution in [3.63, 3.8) is 0 Å².